The quantitative estimate of drug-likeness (QED) is 0.633. The maximum absolute atomic E-state index is 4.53. The Hall–Kier alpha value is -0.0800. The van der Waals surface area contributed by atoms with Gasteiger partial charge in [0, 0.05) is 19.1 Å². The van der Waals surface area contributed by atoms with Crippen molar-refractivity contribution in [3.8, 4) is 0 Å². The first-order valence-corrected chi connectivity index (χ1v) is 5.75. The van der Waals surface area contributed by atoms with E-state index in [2.05, 4.69) is 10.2 Å². The Morgan fingerprint density at radius 2 is 1.69 bits per heavy atom. The number of rotatable bonds is 2. The van der Waals surface area contributed by atoms with Gasteiger partial charge in [-0.3, -0.25) is 4.90 Å². The molecule has 0 aromatic rings. The van der Waals surface area contributed by atoms with Gasteiger partial charge in [-0.05, 0) is 38.8 Å². The highest BCUT2D eigenvalue weighted by Gasteiger charge is 2.30. The first-order valence-electron chi connectivity index (χ1n) is 5.75. The SMILES string of the molecule is C[N][C@@H]1CCCC[C@H]1N1CCCC1. The van der Waals surface area contributed by atoms with E-state index < -0.39 is 0 Å². The second-order valence-corrected chi connectivity index (χ2v) is 4.42. The Morgan fingerprint density at radius 1 is 1.00 bits per heavy atom. The van der Waals surface area contributed by atoms with E-state index in [-0.39, 0.29) is 0 Å². The predicted octanol–water partition coefficient (Wildman–Crippen LogP) is 1.63. The molecule has 2 heteroatoms. The summed E-state index contributed by atoms with van der Waals surface area (Å²) in [7, 11) is 2.00. The lowest BCUT2D eigenvalue weighted by atomic mass is 9.89. The van der Waals surface area contributed by atoms with Crippen LogP contribution < -0.4 is 5.32 Å². The number of likely N-dealkylation sites (tertiary alicyclic amines) is 1. The van der Waals surface area contributed by atoms with Crippen molar-refractivity contribution >= 4 is 0 Å². The summed E-state index contributed by atoms with van der Waals surface area (Å²) in [5.74, 6) is 0. The first kappa shape index (κ1) is 9.47. The summed E-state index contributed by atoms with van der Waals surface area (Å²) >= 11 is 0. The molecular formula is C11H21N2. The van der Waals surface area contributed by atoms with Crippen molar-refractivity contribution in [1.29, 1.82) is 0 Å². The molecule has 1 saturated carbocycles. The van der Waals surface area contributed by atoms with E-state index in [0.29, 0.717) is 6.04 Å². The van der Waals surface area contributed by atoms with Gasteiger partial charge >= 0.3 is 0 Å². The van der Waals surface area contributed by atoms with Gasteiger partial charge in [0.05, 0.1) is 0 Å². The zero-order valence-electron chi connectivity index (χ0n) is 8.71. The highest BCUT2D eigenvalue weighted by atomic mass is 15.2. The fraction of sp³-hybridized carbons (Fsp3) is 1.00. The molecular weight excluding hydrogens is 160 g/mol. The van der Waals surface area contributed by atoms with Crippen molar-refractivity contribution in [2.45, 2.75) is 50.6 Å². The fourth-order valence-corrected chi connectivity index (χ4v) is 2.89. The monoisotopic (exact) mass is 181 g/mol. The van der Waals surface area contributed by atoms with Crippen LogP contribution >= 0.6 is 0 Å². The topological polar surface area (TPSA) is 17.3 Å². The first-order chi connectivity index (χ1) is 6.42. The summed E-state index contributed by atoms with van der Waals surface area (Å²) < 4.78 is 0. The highest BCUT2D eigenvalue weighted by Crippen LogP contribution is 2.26. The van der Waals surface area contributed by atoms with Crippen molar-refractivity contribution in [2.24, 2.45) is 0 Å². The molecule has 2 fully saturated rings. The molecule has 2 aliphatic rings. The van der Waals surface area contributed by atoms with Crippen LogP contribution in [0.25, 0.3) is 0 Å². The minimum atomic E-state index is 0.645. The third-order valence-corrected chi connectivity index (χ3v) is 3.64. The number of nitrogens with zero attached hydrogens (tertiary/aromatic N) is 2. The van der Waals surface area contributed by atoms with E-state index in [9.17, 15) is 0 Å². The second-order valence-electron chi connectivity index (χ2n) is 4.42. The van der Waals surface area contributed by atoms with Crippen LogP contribution in [0.15, 0.2) is 0 Å². The van der Waals surface area contributed by atoms with Crippen molar-refractivity contribution in [1.82, 2.24) is 10.2 Å². The van der Waals surface area contributed by atoms with Gasteiger partial charge in [0.1, 0.15) is 0 Å². The Balaban J connectivity index is 1.93. The van der Waals surface area contributed by atoms with Gasteiger partial charge in [-0.2, -0.15) is 0 Å². The summed E-state index contributed by atoms with van der Waals surface area (Å²) in [5.41, 5.74) is 0. The average Bonchev–Trinajstić information content (AvgIpc) is 2.70. The van der Waals surface area contributed by atoms with Gasteiger partial charge in [0.25, 0.3) is 0 Å². The molecule has 0 unspecified atom stereocenters. The van der Waals surface area contributed by atoms with Gasteiger partial charge in [-0.25, -0.2) is 5.32 Å². The van der Waals surface area contributed by atoms with Crippen LogP contribution in [0.5, 0.6) is 0 Å². The van der Waals surface area contributed by atoms with E-state index in [1.54, 1.807) is 0 Å². The van der Waals surface area contributed by atoms with Crippen molar-refractivity contribution < 1.29 is 0 Å². The molecule has 2 nitrogen and oxygen atoms in total. The summed E-state index contributed by atoms with van der Waals surface area (Å²) in [5, 5.41) is 4.53. The summed E-state index contributed by atoms with van der Waals surface area (Å²) in [6.45, 7) is 2.66. The van der Waals surface area contributed by atoms with E-state index >= 15 is 0 Å². The zero-order valence-corrected chi connectivity index (χ0v) is 8.71. The van der Waals surface area contributed by atoms with Gasteiger partial charge in [-0.15, -0.1) is 0 Å². The molecule has 75 valence electrons. The minimum Gasteiger partial charge on any atom is -0.299 e. The fourth-order valence-electron chi connectivity index (χ4n) is 2.89. The van der Waals surface area contributed by atoms with E-state index in [0.717, 1.165) is 6.04 Å². The molecule has 1 saturated heterocycles. The maximum atomic E-state index is 4.53. The molecule has 2 rings (SSSR count). The molecule has 1 aliphatic heterocycles. The van der Waals surface area contributed by atoms with Gasteiger partial charge < -0.3 is 0 Å². The van der Waals surface area contributed by atoms with Crippen molar-refractivity contribution in [3.05, 3.63) is 0 Å². The largest absolute Gasteiger partial charge is 0.299 e. The Kier molecular flexibility index (Phi) is 3.23. The van der Waals surface area contributed by atoms with Crippen LogP contribution in [0.4, 0.5) is 0 Å². The molecule has 1 heterocycles. The third kappa shape index (κ3) is 2.05. The minimum absolute atomic E-state index is 0.645. The van der Waals surface area contributed by atoms with Gasteiger partial charge in [0.2, 0.25) is 0 Å². The molecule has 1 radical (unpaired) electrons. The molecule has 1 aliphatic carbocycles. The normalized spacial score (nSPS) is 36.7. The molecule has 0 N–H and O–H groups in total. The van der Waals surface area contributed by atoms with Crippen LogP contribution in [-0.4, -0.2) is 37.1 Å². The third-order valence-electron chi connectivity index (χ3n) is 3.64. The van der Waals surface area contributed by atoms with Crippen molar-refractivity contribution in [3.63, 3.8) is 0 Å². The molecule has 0 spiro atoms. The van der Waals surface area contributed by atoms with Crippen molar-refractivity contribution in [2.75, 3.05) is 20.1 Å². The summed E-state index contributed by atoms with van der Waals surface area (Å²) in [4.78, 5) is 2.68. The lowest BCUT2D eigenvalue weighted by Crippen LogP contribution is -2.47. The zero-order chi connectivity index (χ0) is 9.10. The molecule has 13 heavy (non-hydrogen) atoms. The standard InChI is InChI=1S/C11H21N2/c1-12-10-6-2-3-7-11(10)13-8-4-5-9-13/h10-11H,2-9H2,1H3/t10-,11-/m1/s1. The number of hydrogen-bond donors (Lipinski definition) is 0. The van der Waals surface area contributed by atoms with Crippen LogP contribution in [0, 0.1) is 0 Å². The predicted molar refractivity (Wildman–Crippen MR) is 54.9 cm³/mol. The van der Waals surface area contributed by atoms with E-state index in [4.69, 9.17) is 0 Å². The molecule has 0 bridgehead atoms. The Bertz CT molecular complexity index is 150. The average molecular weight is 181 g/mol. The van der Waals surface area contributed by atoms with Crippen LogP contribution in [0.1, 0.15) is 38.5 Å². The molecule has 0 aromatic heterocycles. The molecule has 2 atom stereocenters. The lowest BCUT2D eigenvalue weighted by molar-refractivity contribution is 0.151. The molecule has 0 amide bonds. The summed E-state index contributed by atoms with van der Waals surface area (Å²) in [6.07, 6.45) is 8.36. The van der Waals surface area contributed by atoms with E-state index in [1.807, 2.05) is 7.05 Å². The maximum Gasteiger partial charge on any atom is 0.0398 e. The Labute approximate surface area is 81.7 Å². The molecule has 0 aromatic carbocycles. The number of hydrogen-bond acceptors (Lipinski definition) is 1. The van der Waals surface area contributed by atoms with Crippen LogP contribution in [0.3, 0.4) is 0 Å². The second kappa shape index (κ2) is 4.43. The van der Waals surface area contributed by atoms with E-state index in [1.165, 1.54) is 51.6 Å². The summed E-state index contributed by atoms with van der Waals surface area (Å²) in [6, 6.07) is 1.44. The highest BCUT2D eigenvalue weighted by molar-refractivity contribution is 4.88. The number of likely N-dealkylation sites (N-methyl/N-ethyl adjacent to an activating group) is 1. The Morgan fingerprint density at radius 3 is 2.38 bits per heavy atom. The van der Waals surface area contributed by atoms with Gasteiger partial charge in [-0.1, -0.05) is 12.8 Å². The smallest absolute Gasteiger partial charge is 0.0398 e. The van der Waals surface area contributed by atoms with Crippen LogP contribution in [0.2, 0.25) is 0 Å². The lowest BCUT2D eigenvalue weighted by Gasteiger charge is -2.36. The van der Waals surface area contributed by atoms with Crippen LogP contribution in [-0.2, 0) is 0 Å². The van der Waals surface area contributed by atoms with Gasteiger partial charge in [0.15, 0.2) is 0 Å².